The molecule has 1 aliphatic carbocycles. The fraction of sp³-hybridized carbons (Fsp3) is 0.381. The van der Waals surface area contributed by atoms with Crippen LogP contribution in [0.15, 0.2) is 34.9 Å². The summed E-state index contributed by atoms with van der Waals surface area (Å²) < 4.78 is 16.5. The molecule has 2 N–H and O–H groups in total. The molecule has 1 amide bonds. The highest BCUT2D eigenvalue weighted by atomic mass is 35.5. The summed E-state index contributed by atoms with van der Waals surface area (Å²) in [6.07, 6.45) is 0.831. The van der Waals surface area contributed by atoms with E-state index in [1.165, 1.54) is 17.0 Å². The SMILES string of the molecule is N#CC1=C(N)OC2=C(C(=O)CCC2)C1c1cc(Cl)cc(Cl)c1OC(=O)N1CCOCC1. The van der Waals surface area contributed by atoms with Crippen molar-refractivity contribution >= 4 is 35.1 Å². The Hall–Kier alpha value is -2.73. The Morgan fingerprint density at radius 1 is 1.26 bits per heavy atom. The van der Waals surface area contributed by atoms with Gasteiger partial charge in [-0.15, -0.1) is 0 Å². The van der Waals surface area contributed by atoms with Gasteiger partial charge in [0, 0.05) is 42.1 Å². The number of hydrogen-bond donors (Lipinski definition) is 1. The summed E-state index contributed by atoms with van der Waals surface area (Å²) in [4.78, 5) is 27.1. The lowest BCUT2D eigenvalue weighted by Gasteiger charge is -2.32. The van der Waals surface area contributed by atoms with Crippen LogP contribution in [0.25, 0.3) is 0 Å². The van der Waals surface area contributed by atoms with Gasteiger partial charge in [-0.05, 0) is 18.6 Å². The molecule has 0 spiro atoms. The third-order valence-corrected chi connectivity index (χ3v) is 5.91. The third-order valence-electron chi connectivity index (χ3n) is 5.41. The molecule has 1 saturated heterocycles. The first kappa shape index (κ1) is 21.5. The summed E-state index contributed by atoms with van der Waals surface area (Å²) in [5, 5.41) is 10.1. The van der Waals surface area contributed by atoms with Crippen molar-refractivity contribution in [1.29, 1.82) is 5.26 Å². The zero-order valence-corrected chi connectivity index (χ0v) is 18.0. The molecular formula is C21H19Cl2N3O5. The number of nitrogens with zero attached hydrogens (tertiary/aromatic N) is 2. The fourth-order valence-electron chi connectivity index (χ4n) is 3.97. The van der Waals surface area contributed by atoms with E-state index in [0.717, 1.165) is 0 Å². The predicted molar refractivity (Wildman–Crippen MR) is 111 cm³/mol. The zero-order chi connectivity index (χ0) is 22.1. The molecule has 1 unspecified atom stereocenters. The first-order valence-electron chi connectivity index (χ1n) is 9.78. The molecule has 31 heavy (non-hydrogen) atoms. The topological polar surface area (TPSA) is 115 Å². The van der Waals surface area contributed by atoms with Gasteiger partial charge < -0.3 is 24.8 Å². The number of carbonyl (C=O) groups is 2. The molecule has 162 valence electrons. The van der Waals surface area contributed by atoms with E-state index in [2.05, 4.69) is 0 Å². The summed E-state index contributed by atoms with van der Waals surface area (Å²) in [6.45, 7) is 1.55. The Balaban J connectivity index is 1.82. The number of halogens is 2. The highest BCUT2D eigenvalue weighted by molar-refractivity contribution is 6.35. The molecule has 0 radical (unpaired) electrons. The van der Waals surface area contributed by atoms with Crippen molar-refractivity contribution in [2.24, 2.45) is 5.73 Å². The number of nitrogens with two attached hydrogens (primary N) is 1. The summed E-state index contributed by atoms with van der Waals surface area (Å²) in [5.41, 5.74) is 6.67. The number of ketones is 1. The second-order valence-electron chi connectivity index (χ2n) is 7.31. The van der Waals surface area contributed by atoms with Crippen molar-refractivity contribution in [1.82, 2.24) is 4.90 Å². The van der Waals surface area contributed by atoms with Gasteiger partial charge in [0.2, 0.25) is 5.88 Å². The van der Waals surface area contributed by atoms with Crippen molar-refractivity contribution in [3.63, 3.8) is 0 Å². The second-order valence-corrected chi connectivity index (χ2v) is 8.16. The number of rotatable bonds is 2. The van der Waals surface area contributed by atoms with Gasteiger partial charge in [-0.2, -0.15) is 5.26 Å². The van der Waals surface area contributed by atoms with Gasteiger partial charge in [0.05, 0.1) is 24.2 Å². The molecule has 8 nitrogen and oxygen atoms in total. The minimum atomic E-state index is -0.898. The van der Waals surface area contributed by atoms with Crippen LogP contribution in [0.2, 0.25) is 10.0 Å². The van der Waals surface area contributed by atoms with Crippen LogP contribution in [0, 0.1) is 11.3 Å². The highest BCUT2D eigenvalue weighted by Crippen LogP contribution is 2.48. The van der Waals surface area contributed by atoms with Crippen molar-refractivity contribution in [2.75, 3.05) is 26.3 Å². The second kappa shape index (κ2) is 8.79. The number of hydrogen-bond acceptors (Lipinski definition) is 7. The van der Waals surface area contributed by atoms with Gasteiger partial charge in [-0.1, -0.05) is 23.2 Å². The number of allylic oxidation sites excluding steroid dienone is 3. The molecule has 4 rings (SSSR count). The summed E-state index contributed by atoms with van der Waals surface area (Å²) >= 11 is 12.7. The number of ether oxygens (including phenoxy) is 3. The molecule has 10 heteroatoms. The average Bonchev–Trinajstić information content (AvgIpc) is 2.75. The smallest absolute Gasteiger partial charge is 0.415 e. The molecule has 1 aromatic carbocycles. The minimum Gasteiger partial charge on any atom is -0.444 e. The van der Waals surface area contributed by atoms with Crippen LogP contribution in [0.5, 0.6) is 5.75 Å². The number of benzene rings is 1. The van der Waals surface area contributed by atoms with E-state index < -0.39 is 12.0 Å². The van der Waals surface area contributed by atoms with E-state index in [9.17, 15) is 14.9 Å². The lowest BCUT2D eigenvalue weighted by Crippen LogP contribution is -2.42. The Labute approximate surface area is 188 Å². The molecule has 1 aromatic rings. The Bertz CT molecular complexity index is 1050. The van der Waals surface area contributed by atoms with E-state index in [1.54, 1.807) is 0 Å². The number of morpholine rings is 1. The Morgan fingerprint density at radius 2 is 2.00 bits per heavy atom. The van der Waals surface area contributed by atoms with Crippen LogP contribution in [0.4, 0.5) is 4.79 Å². The Morgan fingerprint density at radius 3 is 2.71 bits per heavy atom. The molecule has 3 aliphatic rings. The maximum absolute atomic E-state index is 12.8. The van der Waals surface area contributed by atoms with Crippen molar-refractivity contribution < 1.29 is 23.8 Å². The quantitative estimate of drug-likeness (QED) is 0.711. The van der Waals surface area contributed by atoms with E-state index in [4.69, 9.17) is 43.1 Å². The molecule has 0 aromatic heterocycles. The van der Waals surface area contributed by atoms with Crippen LogP contribution in [0.1, 0.15) is 30.7 Å². The summed E-state index contributed by atoms with van der Waals surface area (Å²) in [7, 11) is 0. The van der Waals surface area contributed by atoms with Gasteiger partial charge in [-0.25, -0.2) is 4.79 Å². The van der Waals surface area contributed by atoms with E-state index in [0.29, 0.717) is 62.5 Å². The van der Waals surface area contributed by atoms with E-state index >= 15 is 0 Å². The lowest BCUT2D eigenvalue weighted by atomic mass is 9.77. The van der Waals surface area contributed by atoms with Crippen molar-refractivity contribution in [2.45, 2.75) is 25.2 Å². The van der Waals surface area contributed by atoms with Gasteiger partial charge in [0.15, 0.2) is 11.5 Å². The number of amides is 1. The average molecular weight is 464 g/mol. The van der Waals surface area contributed by atoms with E-state index in [-0.39, 0.29) is 33.0 Å². The summed E-state index contributed by atoms with van der Waals surface area (Å²) in [5.74, 6) is -0.708. The monoisotopic (exact) mass is 463 g/mol. The Kier molecular flexibility index (Phi) is 6.10. The van der Waals surface area contributed by atoms with E-state index in [1.807, 2.05) is 6.07 Å². The van der Waals surface area contributed by atoms with Crippen LogP contribution in [-0.4, -0.2) is 43.1 Å². The molecule has 1 atom stereocenters. The van der Waals surface area contributed by atoms with Crippen LogP contribution in [-0.2, 0) is 14.3 Å². The normalized spacial score (nSPS) is 21.4. The van der Waals surface area contributed by atoms with Crippen LogP contribution >= 0.6 is 23.2 Å². The van der Waals surface area contributed by atoms with Gasteiger partial charge in [-0.3, -0.25) is 4.79 Å². The maximum atomic E-state index is 12.8. The number of carbonyl (C=O) groups excluding carboxylic acids is 2. The van der Waals surface area contributed by atoms with Gasteiger partial charge in [0.1, 0.15) is 17.4 Å². The third kappa shape index (κ3) is 4.09. The molecular weight excluding hydrogens is 445 g/mol. The van der Waals surface area contributed by atoms with Gasteiger partial charge in [0.25, 0.3) is 0 Å². The zero-order valence-electron chi connectivity index (χ0n) is 16.5. The highest BCUT2D eigenvalue weighted by Gasteiger charge is 2.40. The number of nitriles is 1. The maximum Gasteiger partial charge on any atom is 0.415 e. The standard InChI is InChI=1S/C21H19Cl2N3O5/c22-11-8-12(19(14(23)9-11)31-21(28)26-4-6-29-7-5-26)17-13(10-24)20(25)30-16-3-1-2-15(27)18(16)17/h8-9,17H,1-7,25H2. The lowest BCUT2D eigenvalue weighted by molar-refractivity contribution is -0.116. The fourth-order valence-corrected chi connectivity index (χ4v) is 4.52. The van der Waals surface area contributed by atoms with Crippen LogP contribution < -0.4 is 10.5 Å². The molecule has 2 heterocycles. The minimum absolute atomic E-state index is 0.0280. The molecule has 0 saturated carbocycles. The van der Waals surface area contributed by atoms with Crippen molar-refractivity contribution in [3.8, 4) is 11.8 Å². The number of Topliss-reactive ketones (excluding diaryl/α,β-unsaturated/α-hetero) is 1. The van der Waals surface area contributed by atoms with Gasteiger partial charge >= 0.3 is 6.09 Å². The van der Waals surface area contributed by atoms with Crippen LogP contribution in [0.3, 0.4) is 0 Å². The first-order valence-corrected chi connectivity index (χ1v) is 10.5. The largest absolute Gasteiger partial charge is 0.444 e. The molecule has 0 bridgehead atoms. The predicted octanol–water partition coefficient (Wildman–Crippen LogP) is 3.64. The molecule has 2 aliphatic heterocycles. The summed E-state index contributed by atoms with van der Waals surface area (Å²) in [6, 6.07) is 4.99. The molecule has 1 fully saturated rings. The first-order chi connectivity index (χ1) is 14.9. The van der Waals surface area contributed by atoms with Crippen molar-refractivity contribution in [3.05, 3.63) is 50.5 Å².